The Bertz CT molecular complexity index is 698. The number of benzene rings is 1. The molecule has 0 unspecified atom stereocenters. The van der Waals surface area contributed by atoms with Gasteiger partial charge in [-0.05, 0) is 29.8 Å². The number of hydrogen-bond donors (Lipinski definition) is 0. The Hall–Kier alpha value is -2.76. The Labute approximate surface area is 120 Å². The topological polar surface area (TPSA) is 61.0 Å². The minimum atomic E-state index is -0.272. The first kappa shape index (κ1) is 13.2. The highest BCUT2D eigenvalue weighted by molar-refractivity contribution is 5.19. The Morgan fingerprint density at radius 2 is 1.95 bits per heavy atom. The van der Waals surface area contributed by atoms with Crippen LogP contribution in [0.3, 0.4) is 0 Å². The second kappa shape index (κ2) is 6.13. The van der Waals surface area contributed by atoms with Crippen LogP contribution in [0.5, 0.6) is 6.08 Å². The van der Waals surface area contributed by atoms with Gasteiger partial charge in [0.2, 0.25) is 0 Å². The maximum Gasteiger partial charge on any atom is 0.417 e. The predicted octanol–water partition coefficient (Wildman–Crippen LogP) is 2.77. The van der Waals surface area contributed by atoms with Gasteiger partial charge in [0, 0.05) is 12.6 Å². The smallest absolute Gasteiger partial charge is 0.417 e. The molecular formula is C15H12FN3O2. The molecule has 3 aromatic rings. The molecule has 0 atom stereocenters. The van der Waals surface area contributed by atoms with Crippen LogP contribution >= 0.6 is 0 Å². The molecule has 0 radical (unpaired) electrons. The van der Waals surface area contributed by atoms with Crippen LogP contribution in [-0.4, -0.2) is 15.1 Å². The van der Waals surface area contributed by atoms with Gasteiger partial charge in [-0.2, -0.15) is 4.98 Å². The SMILES string of the molecule is Fc1ccc(Cc2noc(OCc3ccccn3)n2)cc1. The van der Waals surface area contributed by atoms with Gasteiger partial charge >= 0.3 is 6.08 Å². The van der Waals surface area contributed by atoms with E-state index in [0.29, 0.717) is 12.2 Å². The number of pyridine rings is 1. The summed E-state index contributed by atoms with van der Waals surface area (Å²) in [5.74, 6) is 0.212. The van der Waals surface area contributed by atoms with Crippen LogP contribution in [0.4, 0.5) is 4.39 Å². The highest BCUT2D eigenvalue weighted by atomic mass is 19.1. The van der Waals surface area contributed by atoms with Gasteiger partial charge in [0.25, 0.3) is 0 Å². The number of rotatable bonds is 5. The second-order valence-electron chi connectivity index (χ2n) is 4.39. The van der Waals surface area contributed by atoms with Crippen molar-refractivity contribution in [1.82, 2.24) is 15.1 Å². The van der Waals surface area contributed by atoms with Gasteiger partial charge in [-0.25, -0.2) is 4.39 Å². The van der Waals surface area contributed by atoms with Crippen LogP contribution in [0.2, 0.25) is 0 Å². The van der Waals surface area contributed by atoms with Crippen LogP contribution in [0, 0.1) is 5.82 Å². The van der Waals surface area contributed by atoms with Crippen LogP contribution in [0.25, 0.3) is 0 Å². The largest absolute Gasteiger partial charge is 0.442 e. The van der Waals surface area contributed by atoms with Crippen molar-refractivity contribution in [2.24, 2.45) is 0 Å². The summed E-state index contributed by atoms with van der Waals surface area (Å²) in [4.78, 5) is 8.25. The highest BCUT2D eigenvalue weighted by Gasteiger charge is 2.08. The molecule has 0 amide bonds. The zero-order valence-corrected chi connectivity index (χ0v) is 11.1. The molecule has 6 heteroatoms. The average molecular weight is 285 g/mol. The lowest BCUT2D eigenvalue weighted by molar-refractivity contribution is 0.192. The molecule has 0 fully saturated rings. The number of ether oxygens (including phenoxy) is 1. The van der Waals surface area contributed by atoms with Crippen molar-refractivity contribution in [3.05, 3.63) is 71.6 Å². The molecule has 0 saturated carbocycles. The Balaban J connectivity index is 1.59. The van der Waals surface area contributed by atoms with Crippen molar-refractivity contribution in [2.45, 2.75) is 13.0 Å². The van der Waals surface area contributed by atoms with E-state index in [1.807, 2.05) is 18.2 Å². The first-order valence-electron chi connectivity index (χ1n) is 6.39. The molecule has 2 heterocycles. The number of halogens is 1. The van der Waals surface area contributed by atoms with E-state index in [2.05, 4.69) is 15.1 Å². The summed E-state index contributed by atoms with van der Waals surface area (Å²) in [6, 6.07) is 11.7. The first-order chi connectivity index (χ1) is 10.3. The number of hydrogen-bond acceptors (Lipinski definition) is 5. The van der Waals surface area contributed by atoms with Gasteiger partial charge in [-0.3, -0.25) is 9.51 Å². The summed E-state index contributed by atoms with van der Waals surface area (Å²) in [5, 5.41) is 3.82. The Morgan fingerprint density at radius 3 is 2.71 bits per heavy atom. The third-order valence-electron chi connectivity index (χ3n) is 2.79. The zero-order valence-electron chi connectivity index (χ0n) is 11.1. The summed E-state index contributed by atoms with van der Waals surface area (Å²) in [6.45, 7) is 0.263. The summed E-state index contributed by atoms with van der Waals surface area (Å²) in [5.41, 5.74) is 1.67. The molecule has 1 aromatic carbocycles. The van der Waals surface area contributed by atoms with E-state index in [4.69, 9.17) is 9.26 Å². The van der Waals surface area contributed by atoms with Crippen LogP contribution in [-0.2, 0) is 13.0 Å². The quantitative estimate of drug-likeness (QED) is 0.721. The summed E-state index contributed by atoms with van der Waals surface area (Å²) >= 11 is 0. The first-order valence-corrected chi connectivity index (χ1v) is 6.39. The molecule has 0 spiro atoms. The molecule has 106 valence electrons. The van der Waals surface area contributed by atoms with Crippen molar-refractivity contribution in [3.8, 4) is 6.08 Å². The van der Waals surface area contributed by atoms with E-state index >= 15 is 0 Å². The molecule has 0 aliphatic heterocycles. The van der Waals surface area contributed by atoms with E-state index in [1.165, 1.54) is 12.1 Å². The van der Waals surface area contributed by atoms with Crippen LogP contribution < -0.4 is 4.74 Å². The molecule has 0 saturated heterocycles. The maximum absolute atomic E-state index is 12.8. The third kappa shape index (κ3) is 3.62. The molecular weight excluding hydrogens is 273 g/mol. The normalized spacial score (nSPS) is 10.5. The summed E-state index contributed by atoms with van der Waals surface area (Å²) < 4.78 is 23.2. The van der Waals surface area contributed by atoms with Crippen molar-refractivity contribution in [1.29, 1.82) is 0 Å². The minimum Gasteiger partial charge on any atom is -0.442 e. The van der Waals surface area contributed by atoms with Crippen LogP contribution in [0.1, 0.15) is 17.1 Å². The number of aromatic nitrogens is 3. The highest BCUT2D eigenvalue weighted by Crippen LogP contribution is 2.12. The van der Waals surface area contributed by atoms with E-state index in [9.17, 15) is 4.39 Å². The predicted molar refractivity (Wildman–Crippen MR) is 72.1 cm³/mol. The fourth-order valence-corrected chi connectivity index (χ4v) is 1.77. The van der Waals surface area contributed by atoms with Gasteiger partial charge in [0.1, 0.15) is 12.4 Å². The van der Waals surface area contributed by atoms with Gasteiger partial charge in [0.05, 0.1) is 5.69 Å². The standard InChI is InChI=1S/C15H12FN3O2/c16-12-6-4-11(5-7-12)9-14-18-15(21-19-14)20-10-13-3-1-2-8-17-13/h1-8H,9-10H2. The fraction of sp³-hybridized carbons (Fsp3) is 0.133. The van der Waals surface area contributed by atoms with Crippen LogP contribution in [0.15, 0.2) is 53.2 Å². The second-order valence-corrected chi connectivity index (χ2v) is 4.39. The Morgan fingerprint density at radius 1 is 1.10 bits per heavy atom. The lowest BCUT2D eigenvalue weighted by Crippen LogP contribution is -1.98. The lowest BCUT2D eigenvalue weighted by Gasteiger charge is -1.98. The number of nitrogens with zero attached hydrogens (tertiary/aromatic N) is 3. The van der Waals surface area contributed by atoms with E-state index < -0.39 is 0 Å². The third-order valence-corrected chi connectivity index (χ3v) is 2.79. The lowest BCUT2D eigenvalue weighted by atomic mass is 10.1. The van der Waals surface area contributed by atoms with E-state index in [1.54, 1.807) is 18.3 Å². The monoisotopic (exact) mass is 285 g/mol. The molecule has 0 bridgehead atoms. The van der Waals surface area contributed by atoms with Gasteiger partial charge in [-0.1, -0.05) is 23.4 Å². The van der Waals surface area contributed by atoms with Gasteiger partial charge in [0.15, 0.2) is 5.82 Å². The zero-order chi connectivity index (χ0) is 14.5. The van der Waals surface area contributed by atoms with Crippen molar-refractivity contribution < 1.29 is 13.7 Å². The van der Waals surface area contributed by atoms with Crippen molar-refractivity contribution in [3.63, 3.8) is 0 Å². The maximum atomic E-state index is 12.8. The minimum absolute atomic E-state index is 0.0952. The fourth-order valence-electron chi connectivity index (χ4n) is 1.77. The molecule has 21 heavy (non-hydrogen) atoms. The van der Waals surface area contributed by atoms with Gasteiger partial charge in [-0.15, -0.1) is 0 Å². The summed E-state index contributed by atoms with van der Waals surface area (Å²) in [7, 11) is 0. The molecule has 0 N–H and O–H groups in total. The van der Waals surface area contributed by atoms with Gasteiger partial charge < -0.3 is 4.74 Å². The molecule has 5 nitrogen and oxygen atoms in total. The molecule has 3 rings (SSSR count). The Kier molecular flexibility index (Phi) is 3.86. The molecule has 0 aliphatic carbocycles. The van der Waals surface area contributed by atoms with Crippen molar-refractivity contribution >= 4 is 0 Å². The van der Waals surface area contributed by atoms with E-state index in [0.717, 1.165) is 11.3 Å². The molecule has 2 aromatic heterocycles. The summed E-state index contributed by atoms with van der Waals surface area (Å²) in [6.07, 6.45) is 2.24. The van der Waals surface area contributed by atoms with Crippen molar-refractivity contribution in [2.75, 3.05) is 0 Å². The van der Waals surface area contributed by atoms with E-state index in [-0.39, 0.29) is 18.5 Å². The molecule has 0 aliphatic rings. The average Bonchev–Trinajstić information content (AvgIpc) is 2.96.